The Labute approximate surface area is 149 Å². The Morgan fingerprint density at radius 2 is 1.52 bits per heavy atom. The van der Waals surface area contributed by atoms with Crippen LogP contribution >= 0.6 is 0 Å². The Hall–Kier alpha value is -2.18. The number of methoxy groups -OCH3 is 2. The molecule has 1 aromatic carbocycles. The van der Waals surface area contributed by atoms with Gasteiger partial charge in [-0.1, -0.05) is 30.3 Å². The van der Waals surface area contributed by atoms with Crippen molar-refractivity contribution >= 4 is 17.4 Å². The highest BCUT2D eigenvalue weighted by molar-refractivity contribution is 6.35. The fourth-order valence-electron chi connectivity index (χ4n) is 2.90. The van der Waals surface area contributed by atoms with E-state index in [0.29, 0.717) is 37.6 Å². The van der Waals surface area contributed by atoms with Crippen molar-refractivity contribution in [3.63, 3.8) is 0 Å². The van der Waals surface area contributed by atoms with Gasteiger partial charge in [-0.15, -0.1) is 0 Å². The van der Waals surface area contributed by atoms with Gasteiger partial charge in [0.05, 0.1) is 18.8 Å². The quantitative estimate of drug-likeness (QED) is 0.638. The predicted molar refractivity (Wildman–Crippen MR) is 95.7 cm³/mol. The van der Waals surface area contributed by atoms with Crippen LogP contribution in [-0.2, 0) is 19.1 Å². The van der Waals surface area contributed by atoms with Gasteiger partial charge in [-0.2, -0.15) is 0 Å². The number of nitrogens with zero attached hydrogens (tertiary/aromatic N) is 2. The first-order chi connectivity index (χ1) is 12.0. The van der Waals surface area contributed by atoms with Crippen LogP contribution in [0.3, 0.4) is 0 Å². The summed E-state index contributed by atoms with van der Waals surface area (Å²) in [5.74, 6) is -0.507. The number of imide groups is 1. The second kappa shape index (κ2) is 8.78. The summed E-state index contributed by atoms with van der Waals surface area (Å²) in [4.78, 5) is 29.2. The SMILES string of the molecule is COCCN(CCOC)C1=C(c2ccccc2)C(=O)N(C(C)C)C1=O. The highest BCUT2D eigenvalue weighted by Gasteiger charge is 2.42. The summed E-state index contributed by atoms with van der Waals surface area (Å²) in [5, 5.41) is 0. The van der Waals surface area contributed by atoms with E-state index < -0.39 is 0 Å². The smallest absolute Gasteiger partial charge is 0.278 e. The molecule has 0 fully saturated rings. The van der Waals surface area contributed by atoms with Crippen LogP contribution in [0.5, 0.6) is 0 Å². The molecule has 1 heterocycles. The van der Waals surface area contributed by atoms with Crippen molar-refractivity contribution in [2.75, 3.05) is 40.5 Å². The Morgan fingerprint density at radius 1 is 0.960 bits per heavy atom. The molecule has 0 bridgehead atoms. The van der Waals surface area contributed by atoms with Crippen LogP contribution in [0, 0.1) is 0 Å². The molecular formula is C19H26N2O4. The van der Waals surface area contributed by atoms with Gasteiger partial charge in [-0.3, -0.25) is 14.5 Å². The highest BCUT2D eigenvalue weighted by Crippen LogP contribution is 2.32. The minimum absolute atomic E-state index is 0.206. The topological polar surface area (TPSA) is 59.1 Å². The third-order valence-corrected chi connectivity index (χ3v) is 4.12. The Balaban J connectivity index is 2.52. The molecule has 0 N–H and O–H groups in total. The lowest BCUT2D eigenvalue weighted by Crippen LogP contribution is -2.40. The first-order valence-electron chi connectivity index (χ1n) is 8.43. The molecule has 6 heteroatoms. The molecule has 0 spiro atoms. The largest absolute Gasteiger partial charge is 0.383 e. The van der Waals surface area contributed by atoms with Gasteiger partial charge in [0.25, 0.3) is 11.8 Å². The Bertz CT molecular complexity index is 632. The van der Waals surface area contributed by atoms with Crippen molar-refractivity contribution in [2.45, 2.75) is 19.9 Å². The standard InChI is InChI=1S/C19H26N2O4/c1-14(2)21-18(22)16(15-8-6-5-7-9-15)17(19(21)23)20(10-12-24-3)11-13-25-4/h5-9,14H,10-13H2,1-4H3. The van der Waals surface area contributed by atoms with E-state index in [4.69, 9.17) is 9.47 Å². The van der Waals surface area contributed by atoms with Gasteiger partial charge in [0.2, 0.25) is 0 Å². The fraction of sp³-hybridized carbons (Fsp3) is 0.474. The van der Waals surface area contributed by atoms with Crippen molar-refractivity contribution in [1.82, 2.24) is 9.80 Å². The maximum atomic E-state index is 13.0. The molecule has 136 valence electrons. The van der Waals surface area contributed by atoms with E-state index in [0.717, 1.165) is 5.56 Å². The minimum Gasteiger partial charge on any atom is -0.383 e. The van der Waals surface area contributed by atoms with Crippen molar-refractivity contribution in [3.05, 3.63) is 41.6 Å². The van der Waals surface area contributed by atoms with Gasteiger partial charge < -0.3 is 14.4 Å². The van der Waals surface area contributed by atoms with Gasteiger partial charge in [0.15, 0.2) is 0 Å². The van der Waals surface area contributed by atoms with Crippen molar-refractivity contribution < 1.29 is 19.1 Å². The van der Waals surface area contributed by atoms with Crippen molar-refractivity contribution in [1.29, 1.82) is 0 Å². The molecule has 1 aliphatic heterocycles. The number of rotatable bonds is 9. The van der Waals surface area contributed by atoms with Crippen LogP contribution in [-0.4, -0.2) is 68.2 Å². The predicted octanol–water partition coefficient (Wildman–Crippen LogP) is 1.77. The van der Waals surface area contributed by atoms with Gasteiger partial charge in [-0.05, 0) is 19.4 Å². The molecule has 2 amide bonds. The highest BCUT2D eigenvalue weighted by atomic mass is 16.5. The van der Waals surface area contributed by atoms with Crippen molar-refractivity contribution in [2.24, 2.45) is 0 Å². The average Bonchev–Trinajstić information content (AvgIpc) is 2.86. The van der Waals surface area contributed by atoms with Gasteiger partial charge in [0, 0.05) is 33.4 Å². The van der Waals surface area contributed by atoms with Gasteiger partial charge in [0.1, 0.15) is 5.70 Å². The first-order valence-corrected chi connectivity index (χ1v) is 8.43. The third kappa shape index (κ3) is 4.08. The number of hydrogen-bond acceptors (Lipinski definition) is 5. The monoisotopic (exact) mass is 346 g/mol. The Kier molecular flexibility index (Phi) is 6.73. The number of amides is 2. The van der Waals surface area contributed by atoms with Crippen LogP contribution in [0.2, 0.25) is 0 Å². The third-order valence-electron chi connectivity index (χ3n) is 4.12. The van der Waals surface area contributed by atoms with Crippen LogP contribution in [0.1, 0.15) is 19.4 Å². The zero-order chi connectivity index (χ0) is 18.4. The summed E-state index contributed by atoms with van der Waals surface area (Å²) in [5.41, 5.74) is 1.63. The van der Waals surface area contributed by atoms with Crippen molar-refractivity contribution in [3.8, 4) is 0 Å². The van der Waals surface area contributed by atoms with Crippen LogP contribution in [0.25, 0.3) is 5.57 Å². The minimum atomic E-state index is -0.258. The zero-order valence-corrected chi connectivity index (χ0v) is 15.3. The van der Waals surface area contributed by atoms with Crippen LogP contribution in [0.15, 0.2) is 36.0 Å². The van der Waals surface area contributed by atoms with E-state index in [9.17, 15) is 9.59 Å². The van der Waals surface area contributed by atoms with E-state index in [-0.39, 0.29) is 17.9 Å². The van der Waals surface area contributed by atoms with E-state index in [1.807, 2.05) is 49.1 Å². The molecule has 6 nitrogen and oxygen atoms in total. The molecule has 0 aromatic heterocycles. The normalized spacial score (nSPS) is 14.8. The molecule has 0 atom stereocenters. The summed E-state index contributed by atoms with van der Waals surface area (Å²) < 4.78 is 10.3. The van der Waals surface area contributed by atoms with E-state index in [1.165, 1.54) is 4.90 Å². The second-order valence-corrected chi connectivity index (χ2v) is 6.14. The number of benzene rings is 1. The second-order valence-electron chi connectivity index (χ2n) is 6.14. The number of ether oxygens (including phenoxy) is 2. The van der Waals surface area contributed by atoms with E-state index in [1.54, 1.807) is 14.2 Å². The summed E-state index contributed by atoms with van der Waals surface area (Å²) in [6.07, 6.45) is 0. The molecule has 2 rings (SSSR count). The lowest BCUT2D eigenvalue weighted by Gasteiger charge is -2.26. The molecule has 0 aliphatic carbocycles. The van der Waals surface area contributed by atoms with E-state index in [2.05, 4.69) is 0 Å². The summed E-state index contributed by atoms with van der Waals surface area (Å²) in [7, 11) is 3.23. The lowest BCUT2D eigenvalue weighted by atomic mass is 10.0. The average molecular weight is 346 g/mol. The fourth-order valence-corrected chi connectivity index (χ4v) is 2.90. The molecule has 0 radical (unpaired) electrons. The summed E-state index contributed by atoms with van der Waals surface area (Å²) >= 11 is 0. The summed E-state index contributed by atoms with van der Waals surface area (Å²) in [6.45, 7) is 5.62. The molecular weight excluding hydrogens is 320 g/mol. The summed E-state index contributed by atoms with van der Waals surface area (Å²) in [6, 6.07) is 9.13. The molecule has 0 unspecified atom stereocenters. The number of hydrogen-bond donors (Lipinski definition) is 0. The maximum Gasteiger partial charge on any atom is 0.278 e. The molecule has 1 aliphatic rings. The van der Waals surface area contributed by atoms with Gasteiger partial charge >= 0.3 is 0 Å². The van der Waals surface area contributed by atoms with Gasteiger partial charge in [-0.25, -0.2) is 0 Å². The molecule has 0 saturated heterocycles. The first kappa shape index (κ1) is 19.1. The molecule has 0 saturated carbocycles. The van der Waals surface area contributed by atoms with E-state index >= 15 is 0 Å². The molecule has 25 heavy (non-hydrogen) atoms. The lowest BCUT2D eigenvalue weighted by molar-refractivity contribution is -0.139. The van der Waals surface area contributed by atoms with Crippen LogP contribution < -0.4 is 0 Å². The maximum absolute atomic E-state index is 13.0. The number of carbonyl (C=O) groups excluding carboxylic acids is 2. The molecule has 1 aromatic rings. The Morgan fingerprint density at radius 3 is 2.00 bits per heavy atom. The van der Waals surface area contributed by atoms with Crippen LogP contribution in [0.4, 0.5) is 0 Å². The zero-order valence-electron chi connectivity index (χ0n) is 15.3. The number of carbonyl (C=O) groups is 2.